The first-order valence-electron chi connectivity index (χ1n) is 4.85. The van der Waals surface area contributed by atoms with E-state index in [9.17, 15) is 9.90 Å². The Kier molecular flexibility index (Phi) is 6.02. The van der Waals surface area contributed by atoms with Crippen molar-refractivity contribution in [3.8, 4) is 0 Å². The van der Waals surface area contributed by atoms with Gasteiger partial charge in [-0.25, -0.2) is 0 Å². The van der Waals surface area contributed by atoms with Crippen molar-refractivity contribution < 1.29 is 9.90 Å². The summed E-state index contributed by atoms with van der Waals surface area (Å²) in [5.74, 6) is -0.399. The van der Waals surface area contributed by atoms with Crippen LogP contribution in [0.25, 0.3) is 0 Å². The number of rotatable bonds is 4. The van der Waals surface area contributed by atoms with E-state index in [1.54, 1.807) is 0 Å². The highest BCUT2D eigenvalue weighted by atomic mass is 35.5. The molecule has 0 radical (unpaired) electrons. The topological polar surface area (TPSA) is 40.1 Å². The molecule has 0 N–H and O–H groups in total. The van der Waals surface area contributed by atoms with E-state index in [2.05, 4.69) is 13.8 Å². The Morgan fingerprint density at radius 1 is 1.20 bits per heavy atom. The van der Waals surface area contributed by atoms with Crippen LogP contribution >= 0.6 is 12.4 Å². The summed E-state index contributed by atoms with van der Waals surface area (Å²) in [5.41, 5.74) is 2.06. The van der Waals surface area contributed by atoms with Gasteiger partial charge < -0.3 is 9.90 Å². The number of benzene rings is 1. The molecule has 1 aromatic carbocycles. The van der Waals surface area contributed by atoms with Gasteiger partial charge in [-0.15, -0.1) is 12.4 Å². The maximum Gasteiger partial charge on any atom is 0.0458 e. The number of carboxylic acids is 1. The van der Waals surface area contributed by atoms with Crippen LogP contribution in [0.3, 0.4) is 0 Å². The first kappa shape index (κ1) is 14.0. The zero-order chi connectivity index (χ0) is 10.6. The van der Waals surface area contributed by atoms with Crippen LogP contribution in [-0.4, -0.2) is 5.97 Å². The lowest BCUT2D eigenvalue weighted by molar-refractivity contribution is -0.304. The highest BCUT2D eigenvalue weighted by molar-refractivity contribution is 5.85. The van der Waals surface area contributed by atoms with Gasteiger partial charge in [0.05, 0.1) is 0 Å². The van der Waals surface area contributed by atoms with Crippen LogP contribution < -0.4 is 5.11 Å². The molecule has 0 aliphatic heterocycles. The van der Waals surface area contributed by atoms with E-state index in [1.807, 2.05) is 24.3 Å². The van der Waals surface area contributed by atoms with E-state index in [-0.39, 0.29) is 18.8 Å². The van der Waals surface area contributed by atoms with Gasteiger partial charge in [0.1, 0.15) is 0 Å². The van der Waals surface area contributed by atoms with Gasteiger partial charge in [-0.2, -0.15) is 0 Å². The van der Waals surface area contributed by atoms with Crippen LogP contribution in [0.5, 0.6) is 0 Å². The lowest BCUT2D eigenvalue weighted by Gasteiger charge is -2.06. The number of carbonyl (C=O) groups excluding carboxylic acids is 1. The Bertz CT molecular complexity index is 304. The minimum atomic E-state index is -1.03. The molecule has 0 aliphatic carbocycles. The SMILES string of the molecule is CC(C)Cc1ccc(CC(=O)[O-])cc1.Cl. The summed E-state index contributed by atoms with van der Waals surface area (Å²) in [6, 6.07) is 7.68. The molecule has 0 bridgehead atoms. The normalized spacial score (nSPS) is 9.80. The molecule has 2 nitrogen and oxygen atoms in total. The summed E-state index contributed by atoms with van der Waals surface area (Å²) < 4.78 is 0. The molecule has 0 aromatic heterocycles. The number of aliphatic carboxylic acids is 1. The fourth-order valence-corrected chi connectivity index (χ4v) is 1.43. The fraction of sp³-hybridized carbons (Fsp3) is 0.417. The number of halogens is 1. The summed E-state index contributed by atoms with van der Waals surface area (Å²) in [4.78, 5) is 10.3. The van der Waals surface area contributed by atoms with E-state index in [0.717, 1.165) is 12.0 Å². The van der Waals surface area contributed by atoms with E-state index in [0.29, 0.717) is 5.92 Å². The molecule has 0 spiro atoms. The Balaban J connectivity index is 0.00000196. The van der Waals surface area contributed by atoms with Gasteiger partial charge in [0, 0.05) is 12.4 Å². The van der Waals surface area contributed by atoms with Gasteiger partial charge in [0.2, 0.25) is 0 Å². The molecular formula is C12H16ClO2-. The third kappa shape index (κ3) is 5.43. The van der Waals surface area contributed by atoms with Crippen molar-refractivity contribution >= 4 is 18.4 Å². The predicted molar refractivity (Wildman–Crippen MR) is 60.9 cm³/mol. The van der Waals surface area contributed by atoms with Crippen LogP contribution in [-0.2, 0) is 17.6 Å². The van der Waals surface area contributed by atoms with Gasteiger partial charge in [0.15, 0.2) is 0 Å². The Hall–Kier alpha value is -1.02. The van der Waals surface area contributed by atoms with Crippen molar-refractivity contribution in [3.05, 3.63) is 35.4 Å². The molecule has 0 amide bonds. The van der Waals surface area contributed by atoms with Crippen LogP contribution in [0.4, 0.5) is 0 Å². The van der Waals surface area contributed by atoms with E-state index < -0.39 is 5.97 Å². The fourth-order valence-electron chi connectivity index (χ4n) is 1.43. The molecule has 1 rings (SSSR count). The third-order valence-electron chi connectivity index (χ3n) is 2.02. The first-order chi connectivity index (χ1) is 6.58. The standard InChI is InChI=1S/C12H16O2.ClH/c1-9(2)7-10-3-5-11(6-4-10)8-12(13)14;/h3-6,9H,7-8H2,1-2H3,(H,13,14);1H/p-1. The Morgan fingerprint density at radius 3 is 2.07 bits per heavy atom. The molecule has 0 heterocycles. The average molecular weight is 228 g/mol. The molecule has 3 heteroatoms. The second-order valence-corrected chi connectivity index (χ2v) is 3.96. The van der Waals surface area contributed by atoms with Crippen molar-refractivity contribution in [3.63, 3.8) is 0 Å². The average Bonchev–Trinajstić information content (AvgIpc) is 2.06. The predicted octanol–water partition coefficient (Wildman–Crippen LogP) is 1.60. The van der Waals surface area contributed by atoms with Gasteiger partial charge in [-0.1, -0.05) is 38.1 Å². The molecule has 0 saturated heterocycles. The van der Waals surface area contributed by atoms with Crippen molar-refractivity contribution in [1.29, 1.82) is 0 Å². The maximum absolute atomic E-state index is 10.3. The van der Waals surface area contributed by atoms with Crippen LogP contribution in [0.1, 0.15) is 25.0 Å². The molecule has 0 fully saturated rings. The van der Waals surface area contributed by atoms with E-state index >= 15 is 0 Å². The number of hydrogen-bond donors (Lipinski definition) is 0. The Labute approximate surface area is 96.7 Å². The number of carboxylic acid groups (broad SMARTS) is 1. The van der Waals surface area contributed by atoms with Crippen molar-refractivity contribution in [2.75, 3.05) is 0 Å². The van der Waals surface area contributed by atoms with Crippen molar-refractivity contribution in [2.24, 2.45) is 5.92 Å². The largest absolute Gasteiger partial charge is 0.550 e. The summed E-state index contributed by atoms with van der Waals surface area (Å²) in [5, 5.41) is 10.3. The molecular weight excluding hydrogens is 212 g/mol. The summed E-state index contributed by atoms with van der Waals surface area (Å²) >= 11 is 0. The monoisotopic (exact) mass is 227 g/mol. The molecule has 0 aliphatic rings. The lowest BCUT2D eigenvalue weighted by Crippen LogP contribution is -2.24. The summed E-state index contributed by atoms with van der Waals surface area (Å²) in [6.45, 7) is 4.32. The lowest BCUT2D eigenvalue weighted by atomic mass is 10.0. The maximum atomic E-state index is 10.3. The van der Waals surface area contributed by atoms with Crippen molar-refractivity contribution in [1.82, 2.24) is 0 Å². The van der Waals surface area contributed by atoms with E-state index in [4.69, 9.17) is 0 Å². The van der Waals surface area contributed by atoms with Gasteiger partial charge in [0.25, 0.3) is 0 Å². The second kappa shape index (κ2) is 6.46. The van der Waals surface area contributed by atoms with Crippen molar-refractivity contribution in [2.45, 2.75) is 26.7 Å². The van der Waals surface area contributed by atoms with Gasteiger partial charge >= 0.3 is 0 Å². The smallest absolute Gasteiger partial charge is 0.0458 e. The summed E-state index contributed by atoms with van der Waals surface area (Å²) in [7, 11) is 0. The number of hydrogen-bond acceptors (Lipinski definition) is 2. The minimum absolute atomic E-state index is 0. The first-order valence-corrected chi connectivity index (χ1v) is 4.85. The zero-order valence-electron chi connectivity index (χ0n) is 9.03. The van der Waals surface area contributed by atoms with Crippen LogP contribution in [0.15, 0.2) is 24.3 Å². The zero-order valence-corrected chi connectivity index (χ0v) is 9.84. The van der Waals surface area contributed by atoms with E-state index in [1.165, 1.54) is 5.56 Å². The molecule has 15 heavy (non-hydrogen) atoms. The van der Waals surface area contributed by atoms with Crippen LogP contribution in [0, 0.1) is 5.92 Å². The molecule has 0 atom stereocenters. The van der Waals surface area contributed by atoms with Gasteiger partial charge in [-0.05, 0) is 23.5 Å². The molecule has 1 aromatic rings. The molecule has 0 unspecified atom stereocenters. The highest BCUT2D eigenvalue weighted by Crippen LogP contribution is 2.09. The second-order valence-electron chi connectivity index (χ2n) is 3.96. The third-order valence-corrected chi connectivity index (χ3v) is 2.02. The molecule has 0 saturated carbocycles. The quantitative estimate of drug-likeness (QED) is 0.784. The molecule has 84 valence electrons. The minimum Gasteiger partial charge on any atom is -0.550 e. The Morgan fingerprint density at radius 2 is 1.67 bits per heavy atom. The van der Waals surface area contributed by atoms with Gasteiger partial charge in [-0.3, -0.25) is 0 Å². The summed E-state index contributed by atoms with van der Waals surface area (Å²) in [6.07, 6.45) is 1.04. The highest BCUT2D eigenvalue weighted by Gasteiger charge is 1.98. The number of carbonyl (C=O) groups is 1. The van der Waals surface area contributed by atoms with Crippen LogP contribution in [0.2, 0.25) is 0 Å².